The van der Waals surface area contributed by atoms with Gasteiger partial charge < -0.3 is 9.88 Å². The Morgan fingerprint density at radius 1 is 1.24 bits per heavy atom. The lowest BCUT2D eigenvalue weighted by Crippen LogP contribution is -2.14. The van der Waals surface area contributed by atoms with E-state index < -0.39 is 0 Å². The van der Waals surface area contributed by atoms with Crippen molar-refractivity contribution >= 4 is 50.9 Å². The largest absolute Gasteiger partial charge is 0.325 e. The summed E-state index contributed by atoms with van der Waals surface area (Å²) in [5.41, 5.74) is 1.67. The van der Waals surface area contributed by atoms with E-state index >= 15 is 0 Å². The normalized spacial score (nSPS) is 10.7. The van der Waals surface area contributed by atoms with E-state index in [1.807, 2.05) is 41.9 Å². The first-order chi connectivity index (χ1) is 12.0. The summed E-state index contributed by atoms with van der Waals surface area (Å²) in [6, 6.07) is 15.1. The van der Waals surface area contributed by atoms with Crippen molar-refractivity contribution < 1.29 is 4.79 Å². The molecule has 0 fully saturated rings. The number of nitrogens with one attached hydrogen (secondary N) is 1. The molecule has 1 N–H and O–H groups in total. The molecule has 128 valence electrons. The van der Waals surface area contributed by atoms with Crippen molar-refractivity contribution in [2.24, 2.45) is 7.05 Å². The fraction of sp³-hybridized carbons (Fsp3) is 0.118. The van der Waals surface area contributed by atoms with Crippen molar-refractivity contribution in [3.05, 3.63) is 58.0 Å². The molecule has 1 aromatic heterocycles. The summed E-state index contributed by atoms with van der Waals surface area (Å²) in [7, 11) is 1.89. The van der Waals surface area contributed by atoms with Gasteiger partial charge in [0.25, 0.3) is 0 Å². The Balaban J connectivity index is 1.63. The van der Waals surface area contributed by atoms with Gasteiger partial charge in [0.05, 0.1) is 10.8 Å². The number of benzene rings is 2. The fourth-order valence-electron chi connectivity index (χ4n) is 2.18. The minimum absolute atomic E-state index is 0.122. The maximum absolute atomic E-state index is 12.1. The molecule has 25 heavy (non-hydrogen) atoms. The van der Waals surface area contributed by atoms with E-state index in [4.69, 9.17) is 11.6 Å². The Kier molecular flexibility index (Phi) is 5.78. The average molecular weight is 438 g/mol. The van der Waals surface area contributed by atoms with Crippen LogP contribution in [0.25, 0.3) is 11.4 Å². The molecule has 0 saturated heterocycles. The van der Waals surface area contributed by atoms with Crippen LogP contribution in [0.2, 0.25) is 5.02 Å². The molecule has 3 aromatic rings. The Morgan fingerprint density at radius 2 is 2.00 bits per heavy atom. The lowest BCUT2D eigenvalue weighted by molar-refractivity contribution is -0.113. The number of hydrogen-bond donors (Lipinski definition) is 1. The first kappa shape index (κ1) is 18.0. The van der Waals surface area contributed by atoms with Crippen LogP contribution in [-0.4, -0.2) is 26.4 Å². The summed E-state index contributed by atoms with van der Waals surface area (Å²) in [5.74, 6) is 0.884. The van der Waals surface area contributed by atoms with Crippen LogP contribution in [0.15, 0.2) is 58.2 Å². The van der Waals surface area contributed by atoms with Gasteiger partial charge in [0.1, 0.15) is 0 Å². The molecule has 8 heteroatoms. The number of carbonyl (C=O) groups is 1. The molecule has 2 aromatic carbocycles. The van der Waals surface area contributed by atoms with E-state index in [1.165, 1.54) is 11.8 Å². The molecule has 3 rings (SSSR count). The predicted molar refractivity (Wildman–Crippen MR) is 105 cm³/mol. The highest BCUT2D eigenvalue weighted by Gasteiger charge is 2.13. The zero-order valence-corrected chi connectivity index (χ0v) is 16.4. The van der Waals surface area contributed by atoms with Crippen LogP contribution in [0.5, 0.6) is 0 Å². The molecule has 5 nitrogen and oxygen atoms in total. The first-order valence-corrected chi connectivity index (χ1v) is 9.53. The molecule has 0 spiro atoms. The molecular formula is C17H14BrClN4OS. The van der Waals surface area contributed by atoms with Gasteiger partial charge in [0, 0.05) is 22.8 Å². The third-order valence-corrected chi connectivity index (χ3v) is 5.64. The predicted octanol–water partition coefficient (Wildman–Crippen LogP) is 4.63. The summed E-state index contributed by atoms with van der Waals surface area (Å²) in [5, 5.41) is 12.5. The zero-order chi connectivity index (χ0) is 17.8. The second-order valence-corrected chi connectivity index (χ2v) is 7.40. The minimum atomic E-state index is -0.122. The summed E-state index contributed by atoms with van der Waals surface area (Å²) in [6.07, 6.45) is 0. The molecule has 0 aliphatic carbocycles. The number of hydrogen-bond acceptors (Lipinski definition) is 4. The smallest absolute Gasteiger partial charge is 0.234 e. The molecule has 1 heterocycles. The SMILES string of the molecule is Cn1c(SCC(=O)Nc2ccc(Cl)c(Br)c2)nnc1-c1ccccc1. The van der Waals surface area contributed by atoms with Crippen molar-refractivity contribution in [1.82, 2.24) is 14.8 Å². The van der Waals surface area contributed by atoms with Crippen molar-refractivity contribution in [3.8, 4) is 11.4 Å². The third-order valence-electron chi connectivity index (χ3n) is 3.40. The van der Waals surface area contributed by atoms with Crippen molar-refractivity contribution in [2.75, 3.05) is 11.1 Å². The van der Waals surface area contributed by atoms with Gasteiger partial charge in [-0.3, -0.25) is 4.79 Å². The molecule has 0 radical (unpaired) electrons. The maximum atomic E-state index is 12.1. The highest BCUT2D eigenvalue weighted by Crippen LogP contribution is 2.26. The number of thioether (sulfide) groups is 1. The number of halogens is 2. The molecule has 0 bridgehead atoms. The Labute approximate surface area is 162 Å². The number of anilines is 1. The van der Waals surface area contributed by atoms with E-state index in [9.17, 15) is 4.79 Å². The summed E-state index contributed by atoms with van der Waals surface area (Å²) in [4.78, 5) is 12.1. The van der Waals surface area contributed by atoms with Gasteiger partial charge in [-0.1, -0.05) is 53.7 Å². The Hall–Kier alpha value is -1.83. The van der Waals surface area contributed by atoms with Crippen LogP contribution in [0, 0.1) is 0 Å². The van der Waals surface area contributed by atoms with Crippen molar-refractivity contribution in [2.45, 2.75) is 5.16 Å². The standard InChI is InChI=1S/C17H14BrClN4OS/c1-23-16(11-5-3-2-4-6-11)21-22-17(23)25-10-15(24)20-12-7-8-14(19)13(18)9-12/h2-9H,10H2,1H3,(H,20,24). The molecule has 0 atom stereocenters. The van der Waals surface area contributed by atoms with Gasteiger partial charge in [-0.2, -0.15) is 0 Å². The van der Waals surface area contributed by atoms with Gasteiger partial charge in [-0.25, -0.2) is 0 Å². The van der Waals surface area contributed by atoms with Crippen LogP contribution >= 0.6 is 39.3 Å². The monoisotopic (exact) mass is 436 g/mol. The van der Waals surface area contributed by atoms with Crippen LogP contribution < -0.4 is 5.32 Å². The number of carbonyl (C=O) groups excluding carboxylic acids is 1. The lowest BCUT2D eigenvalue weighted by atomic mass is 10.2. The van der Waals surface area contributed by atoms with Crippen LogP contribution in [0.4, 0.5) is 5.69 Å². The minimum Gasteiger partial charge on any atom is -0.325 e. The molecule has 0 aliphatic rings. The second-order valence-electron chi connectivity index (χ2n) is 5.20. The van der Waals surface area contributed by atoms with Crippen LogP contribution in [-0.2, 0) is 11.8 Å². The van der Waals surface area contributed by atoms with Gasteiger partial charge >= 0.3 is 0 Å². The average Bonchev–Trinajstić information content (AvgIpc) is 2.98. The van der Waals surface area contributed by atoms with Crippen LogP contribution in [0.1, 0.15) is 0 Å². The van der Waals surface area contributed by atoms with Crippen LogP contribution in [0.3, 0.4) is 0 Å². The number of nitrogens with zero attached hydrogens (tertiary/aromatic N) is 3. The second kappa shape index (κ2) is 8.03. The van der Waals surface area contributed by atoms with Gasteiger partial charge in [0.15, 0.2) is 11.0 Å². The van der Waals surface area contributed by atoms with Gasteiger partial charge in [0.2, 0.25) is 5.91 Å². The Bertz CT molecular complexity index is 901. The Morgan fingerprint density at radius 3 is 2.72 bits per heavy atom. The molecule has 0 unspecified atom stereocenters. The summed E-state index contributed by atoms with van der Waals surface area (Å²) < 4.78 is 2.62. The summed E-state index contributed by atoms with van der Waals surface area (Å²) >= 11 is 10.6. The van der Waals surface area contributed by atoms with E-state index in [0.29, 0.717) is 15.9 Å². The molecule has 0 aliphatic heterocycles. The quantitative estimate of drug-likeness (QED) is 0.591. The highest BCUT2D eigenvalue weighted by molar-refractivity contribution is 9.10. The van der Waals surface area contributed by atoms with E-state index in [-0.39, 0.29) is 11.7 Å². The van der Waals surface area contributed by atoms with Gasteiger partial charge in [-0.05, 0) is 34.1 Å². The lowest BCUT2D eigenvalue weighted by Gasteiger charge is -2.06. The van der Waals surface area contributed by atoms with Crippen molar-refractivity contribution in [1.29, 1.82) is 0 Å². The van der Waals surface area contributed by atoms with E-state index in [0.717, 1.165) is 15.9 Å². The summed E-state index contributed by atoms with van der Waals surface area (Å²) in [6.45, 7) is 0. The number of aromatic nitrogens is 3. The third kappa shape index (κ3) is 4.42. The van der Waals surface area contributed by atoms with Gasteiger partial charge in [-0.15, -0.1) is 10.2 Å². The number of rotatable bonds is 5. The highest BCUT2D eigenvalue weighted by atomic mass is 79.9. The number of amides is 1. The molecule has 1 amide bonds. The first-order valence-electron chi connectivity index (χ1n) is 7.37. The van der Waals surface area contributed by atoms with E-state index in [2.05, 4.69) is 31.4 Å². The maximum Gasteiger partial charge on any atom is 0.234 e. The van der Waals surface area contributed by atoms with E-state index in [1.54, 1.807) is 18.2 Å². The topological polar surface area (TPSA) is 59.8 Å². The fourth-order valence-corrected chi connectivity index (χ4v) is 3.39. The zero-order valence-electron chi connectivity index (χ0n) is 13.2. The molecular weight excluding hydrogens is 424 g/mol. The molecule has 0 saturated carbocycles. The van der Waals surface area contributed by atoms with Crippen molar-refractivity contribution in [3.63, 3.8) is 0 Å².